The van der Waals surface area contributed by atoms with Crippen molar-refractivity contribution >= 4 is 0 Å². The third-order valence-electron chi connectivity index (χ3n) is 5.21. The molecule has 6 heteroatoms. The molecule has 1 aliphatic rings. The van der Waals surface area contributed by atoms with Crippen LogP contribution in [0.3, 0.4) is 0 Å². The molecule has 1 aromatic heterocycles. The second kappa shape index (κ2) is 8.13. The van der Waals surface area contributed by atoms with E-state index in [1.54, 1.807) is 18.3 Å². The van der Waals surface area contributed by atoms with Crippen LogP contribution in [0.5, 0.6) is 0 Å². The highest BCUT2D eigenvalue weighted by Gasteiger charge is 2.43. The molecule has 2 atom stereocenters. The number of hydrogen-bond donors (Lipinski definition) is 1. The van der Waals surface area contributed by atoms with Gasteiger partial charge in [0.15, 0.2) is 0 Å². The minimum Gasteiger partial charge on any atom is -0.385 e. The van der Waals surface area contributed by atoms with E-state index in [9.17, 15) is 14.8 Å². The Labute approximate surface area is 159 Å². The number of rotatable bonds is 5. The van der Waals surface area contributed by atoms with Gasteiger partial charge in [0.25, 0.3) is 0 Å². The molecule has 3 rings (SSSR count). The van der Waals surface area contributed by atoms with Crippen molar-refractivity contribution in [3.63, 3.8) is 0 Å². The lowest BCUT2D eigenvalue weighted by molar-refractivity contribution is -0.0862. The summed E-state index contributed by atoms with van der Waals surface area (Å²) < 4.78 is 13.4. The van der Waals surface area contributed by atoms with Gasteiger partial charge in [0.05, 0.1) is 23.4 Å². The lowest BCUT2D eigenvalue weighted by Gasteiger charge is -2.46. The molecule has 0 bridgehead atoms. The fourth-order valence-corrected chi connectivity index (χ4v) is 3.92. The molecule has 1 aliphatic heterocycles. The summed E-state index contributed by atoms with van der Waals surface area (Å²) in [6.45, 7) is 2.68. The molecule has 0 radical (unpaired) electrons. The average molecular weight is 368 g/mol. The summed E-state index contributed by atoms with van der Waals surface area (Å²) in [5, 5.41) is 20.8. The zero-order valence-corrected chi connectivity index (χ0v) is 15.8. The van der Waals surface area contributed by atoms with Crippen molar-refractivity contribution in [1.29, 1.82) is 5.26 Å². The van der Waals surface area contributed by atoms with Crippen molar-refractivity contribution in [3.8, 4) is 6.07 Å². The van der Waals surface area contributed by atoms with Gasteiger partial charge in [-0.3, -0.25) is 9.88 Å². The molecular formula is C21H25FN4O. The smallest absolute Gasteiger partial charge is 0.141 e. The summed E-state index contributed by atoms with van der Waals surface area (Å²) in [6.07, 6.45) is 3.44. The normalized spacial score (nSPS) is 23.3. The summed E-state index contributed by atoms with van der Waals surface area (Å²) >= 11 is 0. The summed E-state index contributed by atoms with van der Waals surface area (Å²) in [4.78, 5) is 8.22. The lowest BCUT2D eigenvalue weighted by atomic mass is 9.75. The van der Waals surface area contributed by atoms with Crippen LogP contribution in [0.4, 0.5) is 4.39 Å². The fraction of sp³-hybridized carbons (Fsp3) is 0.429. The van der Waals surface area contributed by atoms with E-state index < -0.39 is 5.60 Å². The summed E-state index contributed by atoms with van der Waals surface area (Å²) in [5.41, 5.74) is 1.18. The standard InChI is InChI=1S/C21H25FN4O/c1-25(2)14-19-15-26(13-17-9-20(22)12-24-11-17)7-6-21(19,27)18-5-3-4-16(8-18)10-23/h3-5,8-9,11-12,19,27H,6-7,13-15H2,1-2H3/t19-,21-/m1/s1. The molecule has 0 spiro atoms. The monoisotopic (exact) mass is 368 g/mol. The molecule has 0 aliphatic carbocycles. The largest absolute Gasteiger partial charge is 0.385 e. The number of nitriles is 1. The molecule has 0 unspecified atom stereocenters. The van der Waals surface area contributed by atoms with Crippen molar-refractivity contribution in [2.24, 2.45) is 5.92 Å². The minimum absolute atomic E-state index is 0.0308. The van der Waals surface area contributed by atoms with E-state index in [2.05, 4.69) is 20.9 Å². The first-order chi connectivity index (χ1) is 12.9. The second-order valence-electron chi connectivity index (χ2n) is 7.57. The van der Waals surface area contributed by atoms with Crippen molar-refractivity contribution < 1.29 is 9.50 Å². The van der Waals surface area contributed by atoms with Gasteiger partial charge in [0.1, 0.15) is 5.82 Å². The second-order valence-corrected chi connectivity index (χ2v) is 7.57. The van der Waals surface area contributed by atoms with E-state index in [1.807, 2.05) is 26.2 Å². The van der Waals surface area contributed by atoms with Crippen LogP contribution in [0.25, 0.3) is 0 Å². The van der Waals surface area contributed by atoms with Crippen LogP contribution in [-0.2, 0) is 12.1 Å². The van der Waals surface area contributed by atoms with Crippen LogP contribution in [0.15, 0.2) is 42.7 Å². The lowest BCUT2D eigenvalue weighted by Crippen LogP contribution is -2.52. The van der Waals surface area contributed by atoms with Gasteiger partial charge in [0.2, 0.25) is 0 Å². The Morgan fingerprint density at radius 2 is 2.19 bits per heavy atom. The Balaban J connectivity index is 1.83. The van der Waals surface area contributed by atoms with Gasteiger partial charge >= 0.3 is 0 Å². The van der Waals surface area contributed by atoms with Crippen LogP contribution in [0.2, 0.25) is 0 Å². The van der Waals surface area contributed by atoms with Crippen LogP contribution in [0, 0.1) is 23.1 Å². The Bertz CT molecular complexity index is 835. The van der Waals surface area contributed by atoms with Crippen LogP contribution in [-0.4, -0.2) is 53.6 Å². The van der Waals surface area contributed by atoms with Crippen molar-refractivity contribution in [2.45, 2.75) is 18.6 Å². The summed E-state index contributed by atoms with van der Waals surface area (Å²) in [5.74, 6) is -0.365. The molecule has 142 valence electrons. The van der Waals surface area contributed by atoms with E-state index >= 15 is 0 Å². The van der Waals surface area contributed by atoms with E-state index in [0.29, 0.717) is 38.2 Å². The Morgan fingerprint density at radius 3 is 2.89 bits per heavy atom. The van der Waals surface area contributed by atoms with E-state index in [1.165, 1.54) is 12.3 Å². The molecule has 2 heterocycles. The first-order valence-corrected chi connectivity index (χ1v) is 9.10. The number of aromatic nitrogens is 1. The Hall–Kier alpha value is -2.33. The predicted octanol–water partition coefficient (Wildman–Crippen LogP) is 2.36. The van der Waals surface area contributed by atoms with Crippen molar-refractivity contribution in [1.82, 2.24) is 14.8 Å². The zero-order chi connectivity index (χ0) is 19.4. The zero-order valence-electron chi connectivity index (χ0n) is 15.8. The number of hydrogen-bond acceptors (Lipinski definition) is 5. The minimum atomic E-state index is -0.992. The first-order valence-electron chi connectivity index (χ1n) is 9.10. The molecule has 27 heavy (non-hydrogen) atoms. The number of pyridine rings is 1. The molecule has 2 aromatic rings. The molecule has 5 nitrogen and oxygen atoms in total. The number of halogens is 1. The highest BCUT2D eigenvalue weighted by Crippen LogP contribution is 2.38. The van der Waals surface area contributed by atoms with Crippen molar-refractivity contribution in [2.75, 3.05) is 33.7 Å². The quantitative estimate of drug-likeness (QED) is 0.878. The number of aliphatic hydroxyl groups is 1. The highest BCUT2D eigenvalue weighted by molar-refractivity contribution is 5.36. The highest BCUT2D eigenvalue weighted by atomic mass is 19.1. The van der Waals surface area contributed by atoms with E-state index in [0.717, 1.165) is 11.1 Å². The van der Waals surface area contributed by atoms with Crippen LogP contribution < -0.4 is 0 Å². The third-order valence-corrected chi connectivity index (χ3v) is 5.21. The van der Waals surface area contributed by atoms with E-state index in [4.69, 9.17) is 0 Å². The van der Waals surface area contributed by atoms with Gasteiger partial charge in [0, 0.05) is 38.3 Å². The number of likely N-dealkylation sites (tertiary alicyclic amines) is 1. The molecule has 0 amide bonds. The topological polar surface area (TPSA) is 63.4 Å². The number of nitrogens with zero attached hydrogens (tertiary/aromatic N) is 4. The Morgan fingerprint density at radius 1 is 1.37 bits per heavy atom. The maximum atomic E-state index is 13.4. The third kappa shape index (κ3) is 4.51. The predicted molar refractivity (Wildman–Crippen MR) is 101 cm³/mol. The number of benzene rings is 1. The molecule has 0 saturated carbocycles. The molecule has 1 saturated heterocycles. The van der Waals surface area contributed by atoms with Crippen LogP contribution >= 0.6 is 0 Å². The average Bonchev–Trinajstić information content (AvgIpc) is 2.64. The van der Waals surface area contributed by atoms with Gasteiger partial charge in [-0.1, -0.05) is 12.1 Å². The Kier molecular flexibility index (Phi) is 5.85. The van der Waals surface area contributed by atoms with Gasteiger partial charge in [-0.15, -0.1) is 0 Å². The molecule has 1 aromatic carbocycles. The molecular weight excluding hydrogens is 343 g/mol. The van der Waals surface area contributed by atoms with Crippen molar-refractivity contribution in [3.05, 3.63) is 65.2 Å². The fourth-order valence-electron chi connectivity index (χ4n) is 3.92. The van der Waals surface area contributed by atoms with Gasteiger partial charge in [-0.2, -0.15) is 5.26 Å². The first kappa shape index (κ1) is 19.4. The SMILES string of the molecule is CN(C)C[C@@H]1CN(Cc2cncc(F)c2)CC[C@@]1(O)c1cccc(C#N)c1. The molecule has 1 fully saturated rings. The molecule has 1 N–H and O–H groups in total. The summed E-state index contributed by atoms with van der Waals surface area (Å²) in [7, 11) is 3.98. The van der Waals surface area contributed by atoms with Gasteiger partial charge < -0.3 is 10.0 Å². The maximum absolute atomic E-state index is 13.4. The maximum Gasteiger partial charge on any atom is 0.141 e. The summed E-state index contributed by atoms with van der Waals surface area (Å²) in [6, 6.07) is 10.9. The van der Waals surface area contributed by atoms with Gasteiger partial charge in [-0.25, -0.2) is 4.39 Å². The number of piperidine rings is 1. The van der Waals surface area contributed by atoms with E-state index in [-0.39, 0.29) is 11.7 Å². The van der Waals surface area contributed by atoms with Crippen LogP contribution in [0.1, 0.15) is 23.1 Å². The van der Waals surface area contributed by atoms with Gasteiger partial charge in [-0.05, 0) is 49.8 Å².